The van der Waals surface area contributed by atoms with Crippen LogP contribution in [-0.4, -0.2) is 33.7 Å². The summed E-state index contributed by atoms with van der Waals surface area (Å²) in [7, 11) is 3.12. The van der Waals surface area contributed by atoms with Gasteiger partial charge in [0.2, 0.25) is 5.88 Å². The molecule has 0 aromatic carbocycles. The molecule has 0 aliphatic rings. The van der Waals surface area contributed by atoms with Gasteiger partial charge in [0.1, 0.15) is 5.56 Å². The number of hydrogen-bond donors (Lipinski definition) is 1. The Morgan fingerprint density at radius 3 is 2.59 bits per heavy atom. The Hall–Kier alpha value is -1.85. The molecule has 6 heteroatoms. The molecule has 0 bridgehead atoms. The van der Waals surface area contributed by atoms with Gasteiger partial charge in [0, 0.05) is 13.5 Å². The predicted molar refractivity (Wildman–Crippen MR) is 60.2 cm³/mol. The summed E-state index contributed by atoms with van der Waals surface area (Å²) in [4.78, 5) is 22.7. The van der Waals surface area contributed by atoms with Crippen LogP contribution < -0.4 is 4.74 Å². The van der Waals surface area contributed by atoms with Crippen LogP contribution in [0.25, 0.3) is 0 Å². The van der Waals surface area contributed by atoms with Gasteiger partial charge in [-0.05, 0) is 6.92 Å². The molecule has 0 aliphatic heterocycles. The molecule has 0 saturated carbocycles. The third-order valence-corrected chi connectivity index (χ3v) is 2.55. The maximum absolute atomic E-state index is 12.0. The van der Waals surface area contributed by atoms with Crippen LogP contribution in [0.5, 0.6) is 5.88 Å². The molecule has 1 N–H and O–H groups in total. The highest BCUT2D eigenvalue weighted by atomic mass is 16.5. The molecular formula is C11H16N2O4. The lowest BCUT2D eigenvalue weighted by Crippen LogP contribution is -2.15. The molecule has 94 valence electrons. The van der Waals surface area contributed by atoms with Gasteiger partial charge in [-0.15, -0.1) is 0 Å². The van der Waals surface area contributed by atoms with Gasteiger partial charge in [0.05, 0.1) is 18.7 Å². The minimum atomic E-state index is -0.987. The monoisotopic (exact) mass is 240 g/mol. The highest BCUT2D eigenvalue weighted by molar-refractivity contribution is 6.00. The maximum atomic E-state index is 12.0. The van der Waals surface area contributed by atoms with Crippen LogP contribution >= 0.6 is 0 Å². The van der Waals surface area contributed by atoms with Gasteiger partial charge in [0.25, 0.3) is 0 Å². The Bertz CT molecular complexity index is 451. The molecule has 1 heterocycles. The summed E-state index contributed by atoms with van der Waals surface area (Å²) in [5.41, 5.74) is 0.912. The summed E-state index contributed by atoms with van der Waals surface area (Å²) < 4.78 is 6.56. The number of Topliss-reactive ketones (excluding diaryl/α,β-unsaturated/α-hetero) is 1. The molecule has 17 heavy (non-hydrogen) atoms. The second-order valence-corrected chi connectivity index (χ2v) is 3.96. The van der Waals surface area contributed by atoms with E-state index < -0.39 is 11.9 Å². The first-order valence-corrected chi connectivity index (χ1v) is 5.22. The van der Waals surface area contributed by atoms with Gasteiger partial charge in [-0.2, -0.15) is 5.10 Å². The van der Waals surface area contributed by atoms with Gasteiger partial charge in [-0.1, -0.05) is 6.92 Å². The lowest BCUT2D eigenvalue weighted by Gasteiger charge is -2.06. The van der Waals surface area contributed by atoms with Crippen LogP contribution in [0, 0.1) is 12.8 Å². The van der Waals surface area contributed by atoms with Crippen LogP contribution in [0.1, 0.15) is 29.4 Å². The molecule has 0 saturated heterocycles. The van der Waals surface area contributed by atoms with Crippen LogP contribution in [0.2, 0.25) is 0 Å². The molecule has 0 amide bonds. The van der Waals surface area contributed by atoms with Crippen LogP contribution in [0.4, 0.5) is 0 Å². The van der Waals surface area contributed by atoms with E-state index >= 15 is 0 Å². The third kappa shape index (κ3) is 2.64. The maximum Gasteiger partial charge on any atom is 0.306 e. The lowest BCUT2D eigenvalue weighted by molar-refractivity contribution is -0.141. The topological polar surface area (TPSA) is 81.4 Å². The number of carbonyl (C=O) groups excluding carboxylic acids is 1. The highest BCUT2D eigenvalue weighted by Gasteiger charge is 2.24. The summed E-state index contributed by atoms with van der Waals surface area (Å²) in [5.74, 6) is -1.60. The van der Waals surface area contributed by atoms with E-state index in [1.54, 1.807) is 14.0 Å². The molecule has 1 atom stereocenters. The summed E-state index contributed by atoms with van der Waals surface area (Å²) in [6.45, 7) is 3.19. The number of methoxy groups -OCH3 is 1. The average Bonchev–Trinajstić information content (AvgIpc) is 2.52. The predicted octanol–water partition coefficient (Wildman–Crippen LogP) is 1.03. The largest absolute Gasteiger partial charge is 0.481 e. The van der Waals surface area contributed by atoms with Crippen molar-refractivity contribution < 1.29 is 19.4 Å². The molecule has 0 aliphatic carbocycles. The number of aryl methyl sites for hydroxylation is 2. The van der Waals surface area contributed by atoms with Gasteiger partial charge in [-0.3, -0.25) is 9.59 Å². The van der Waals surface area contributed by atoms with E-state index in [9.17, 15) is 9.59 Å². The Balaban J connectivity index is 3.00. The minimum absolute atomic E-state index is 0.0573. The number of aliphatic carboxylic acids is 1. The zero-order valence-corrected chi connectivity index (χ0v) is 10.4. The van der Waals surface area contributed by atoms with Crippen molar-refractivity contribution in [3.63, 3.8) is 0 Å². The molecule has 0 spiro atoms. The van der Waals surface area contributed by atoms with Crippen molar-refractivity contribution in [1.29, 1.82) is 0 Å². The normalized spacial score (nSPS) is 12.2. The van der Waals surface area contributed by atoms with Crippen molar-refractivity contribution in [1.82, 2.24) is 9.78 Å². The molecule has 1 aromatic heterocycles. The Kier molecular flexibility index (Phi) is 3.88. The number of hydrogen-bond acceptors (Lipinski definition) is 4. The van der Waals surface area contributed by atoms with E-state index in [0.717, 1.165) is 0 Å². The van der Waals surface area contributed by atoms with Gasteiger partial charge < -0.3 is 9.84 Å². The minimum Gasteiger partial charge on any atom is -0.481 e. The molecule has 0 radical (unpaired) electrons. The molecular weight excluding hydrogens is 224 g/mol. The Labute approximate surface area is 99.2 Å². The number of nitrogens with zero attached hydrogens (tertiary/aromatic N) is 2. The van der Waals surface area contributed by atoms with E-state index in [1.807, 2.05) is 0 Å². The molecule has 6 nitrogen and oxygen atoms in total. The summed E-state index contributed by atoms with van der Waals surface area (Å²) in [6, 6.07) is 0. The van der Waals surface area contributed by atoms with Crippen molar-refractivity contribution in [3.8, 4) is 5.88 Å². The van der Waals surface area contributed by atoms with Crippen molar-refractivity contribution in [3.05, 3.63) is 11.3 Å². The average molecular weight is 240 g/mol. The van der Waals surface area contributed by atoms with Crippen LogP contribution in [0.3, 0.4) is 0 Å². The zero-order chi connectivity index (χ0) is 13.2. The fourth-order valence-electron chi connectivity index (χ4n) is 1.66. The number of rotatable bonds is 5. The number of ether oxygens (including phenoxy) is 1. The summed E-state index contributed by atoms with van der Waals surface area (Å²) in [5, 5.41) is 12.9. The first-order valence-electron chi connectivity index (χ1n) is 5.22. The highest BCUT2D eigenvalue weighted by Crippen LogP contribution is 2.23. The fourth-order valence-corrected chi connectivity index (χ4v) is 1.66. The van der Waals surface area contributed by atoms with Crippen molar-refractivity contribution in [2.75, 3.05) is 7.11 Å². The van der Waals surface area contributed by atoms with Crippen LogP contribution in [-0.2, 0) is 11.8 Å². The quantitative estimate of drug-likeness (QED) is 0.777. The smallest absolute Gasteiger partial charge is 0.306 e. The van der Waals surface area contributed by atoms with Crippen molar-refractivity contribution in [2.45, 2.75) is 20.3 Å². The zero-order valence-electron chi connectivity index (χ0n) is 10.4. The van der Waals surface area contributed by atoms with Crippen molar-refractivity contribution >= 4 is 11.8 Å². The number of carboxylic acid groups (broad SMARTS) is 1. The fraction of sp³-hybridized carbons (Fsp3) is 0.545. The van der Waals surface area contributed by atoms with E-state index in [0.29, 0.717) is 17.1 Å². The van der Waals surface area contributed by atoms with Gasteiger partial charge in [-0.25, -0.2) is 4.68 Å². The lowest BCUT2D eigenvalue weighted by atomic mass is 10.00. The first kappa shape index (κ1) is 13.2. The van der Waals surface area contributed by atoms with Crippen molar-refractivity contribution in [2.24, 2.45) is 13.0 Å². The number of aromatic nitrogens is 2. The second-order valence-electron chi connectivity index (χ2n) is 3.96. The molecule has 1 rings (SSSR count). The van der Waals surface area contributed by atoms with E-state index in [4.69, 9.17) is 9.84 Å². The first-order chi connectivity index (χ1) is 7.88. The Morgan fingerprint density at radius 1 is 1.53 bits per heavy atom. The van der Waals surface area contributed by atoms with E-state index in [2.05, 4.69) is 5.10 Å². The number of ketones is 1. The van der Waals surface area contributed by atoms with E-state index in [1.165, 1.54) is 18.7 Å². The van der Waals surface area contributed by atoms with Gasteiger partial charge in [0.15, 0.2) is 5.78 Å². The summed E-state index contributed by atoms with van der Waals surface area (Å²) >= 11 is 0. The SMILES string of the molecule is COc1c(C(=O)CC(C)C(=O)O)c(C)nn1C. The van der Waals surface area contributed by atoms with E-state index in [-0.39, 0.29) is 12.2 Å². The second kappa shape index (κ2) is 4.99. The molecule has 0 fully saturated rings. The van der Waals surface area contributed by atoms with Crippen LogP contribution in [0.15, 0.2) is 0 Å². The molecule has 1 aromatic rings. The Morgan fingerprint density at radius 2 is 2.12 bits per heavy atom. The summed E-state index contributed by atoms with van der Waals surface area (Å²) in [6.07, 6.45) is -0.0573. The standard InChI is InChI=1S/C11H16N2O4/c1-6(11(15)16)5-8(14)9-7(2)12-13(3)10(9)17-4/h6H,5H2,1-4H3,(H,15,16). The third-order valence-electron chi connectivity index (χ3n) is 2.55. The molecule has 1 unspecified atom stereocenters. The van der Waals surface area contributed by atoms with Gasteiger partial charge >= 0.3 is 5.97 Å². The number of carbonyl (C=O) groups is 2. The number of carboxylic acids is 1.